The number of ether oxygens (including phenoxy) is 1. The highest BCUT2D eigenvalue weighted by atomic mass is 16.5. The van der Waals surface area contributed by atoms with E-state index in [0.29, 0.717) is 53.7 Å². The van der Waals surface area contributed by atoms with Crippen molar-refractivity contribution >= 4 is 23.2 Å². The number of nitrogens with zero attached hydrogens (tertiary/aromatic N) is 1. The van der Waals surface area contributed by atoms with E-state index in [1.807, 2.05) is 0 Å². The molecule has 4 rings (SSSR count). The molecule has 2 N–H and O–H groups in total. The molecule has 8 nitrogen and oxygen atoms in total. The fraction of sp³-hybridized carbons (Fsp3) is 0.292. The third kappa shape index (κ3) is 4.28. The number of morpholine rings is 1. The summed E-state index contributed by atoms with van der Waals surface area (Å²) in [6, 6.07) is 9.77. The van der Waals surface area contributed by atoms with Gasteiger partial charge in [0, 0.05) is 37.1 Å². The van der Waals surface area contributed by atoms with Crippen LogP contribution in [-0.2, 0) is 4.74 Å². The van der Waals surface area contributed by atoms with Crippen LogP contribution in [0.5, 0.6) is 5.75 Å². The third-order valence-electron chi connectivity index (χ3n) is 5.70. The molecule has 0 saturated carbocycles. The predicted octanol–water partition coefficient (Wildman–Crippen LogP) is 2.35. The summed E-state index contributed by atoms with van der Waals surface area (Å²) in [7, 11) is 0. The van der Waals surface area contributed by atoms with Gasteiger partial charge in [-0.1, -0.05) is 12.1 Å². The normalized spacial score (nSPS) is 14.4. The zero-order valence-electron chi connectivity index (χ0n) is 17.7. The lowest BCUT2D eigenvalue weighted by Gasteiger charge is -2.26. The van der Waals surface area contributed by atoms with Crippen molar-refractivity contribution in [2.24, 2.45) is 0 Å². The molecule has 2 heterocycles. The van der Waals surface area contributed by atoms with Gasteiger partial charge in [0.1, 0.15) is 5.75 Å². The van der Waals surface area contributed by atoms with Gasteiger partial charge >= 0.3 is 5.63 Å². The smallest absolute Gasteiger partial charge is 0.344 e. The van der Waals surface area contributed by atoms with Gasteiger partial charge in [0.2, 0.25) is 0 Å². The Hall–Kier alpha value is -3.49. The van der Waals surface area contributed by atoms with Crippen LogP contribution in [0.3, 0.4) is 0 Å². The maximum Gasteiger partial charge on any atom is 0.344 e. The monoisotopic (exact) mass is 436 g/mol. The number of rotatable bonds is 6. The Morgan fingerprint density at radius 3 is 2.75 bits per heavy atom. The molecule has 8 heteroatoms. The predicted molar refractivity (Wildman–Crippen MR) is 119 cm³/mol. The summed E-state index contributed by atoms with van der Waals surface area (Å²) in [6.07, 6.45) is 0.460. The van der Waals surface area contributed by atoms with Crippen molar-refractivity contribution < 1.29 is 23.8 Å². The number of carbonyl (C=O) groups excluding carboxylic acids is 2. The molecule has 32 heavy (non-hydrogen) atoms. The topological polar surface area (TPSA) is 109 Å². The minimum Gasteiger partial charge on any atom is -0.507 e. The number of phenolic OH excluding ortho intramolecular Hbond substituents is 1. The van der Waals surface area contributed by atoms with Gasteiger partial charge in [0.25, 0.3) is 5.91 Å². The van der Waals surface area contributed by atoms with Crippen molar-refractivity contribution in [3.63, 3.8) is 0 Å². The van der Waals surface area contributed by atoms with Gasteiger partial charge < -0.3 is 19.6 Å². The highest BCUT2D eigenvalue weighted by Crippen LogP contribution is 2.31. The number of hydrogen-bond acceptors (Lipinski definition) is 7. The zero-order chi connectivity index (χ0) is 22.7. The quantitative estimate of drug-likeness (QED) is 0.451. The molecule has 3 aromatic rings. The lowest BCUT2D eigenvalue weighted by molar-refractivity contribution is 0.0383. The molecule has 1 saturated heterocycles. The van der Waals surface area contributed by atoms with Crippen LogP contribution in [0.4, 0.5) is 0 Å². The lowest BCUT2D eigenvalue weighted by Crippen LogP contribution is -2.41. The molecule has 1 amide bonds. The Balaban J connectivity index is 1.60. The largest absolute Gasteiger partial charge is 0.507 e. The summed E-state index contributed by atoms with van der Waals surface area (Å²) < 4.78 is 10.7. The molecular formula is C24H24N2O6. The first-order valence-corrected chi connectivity index (χ1v) is 10.4. The van der Waals surface area contributed by atoms with Gasteiger partial charge in [-0.05, 0) is 42.3 Å². The SMILES string of the molecule is Cc1c(-c2cccc(C(=O)NCCN3CCOCC3)c2)c(=O)oc2c(C=O)c(O)ccc12. The highest BCUT2D eigenvalue weighted by molar-refractivity contribution is 6.00. The zero-order valence-corrected chi connectivity index (χ0v) is 17.7. The Bertz CT molecular complexity index is 1230. The van der Waals surface area contributed by atoms with E-state index in [0.717, 1.165) is 19.6 Å². The first-order valence-electron chi connectivity index (χ1n) is 10.4. The molecule has 0 bridgehead atoms. The molecule has 0 unspecified atom stereocenters. The summed E-state index contributed by atoms with van der Waals surface area (Å²) in [6.45, 7) is 6.12. The van der Waals surface area contributed by atoms with E-state index in [4.69, 9.17) is 9.15 Å². The average molecular weight is 436 g/mol. The van der Waals surface area contributed by atoms with Crippen molar-refractivity contribution in [1.82, 2.24) is 10.2 Å². The summed E-state index contributed by atoms with van der Waals surface area (Å²) >= 11 is 0. The molecule has 1 aliphatic rings. The summed E-state index contributed by atoms with van der Waals surface area (Å²) in [4.78, 5) is 39.0. The van der Waals surface area contributed by atoms with Crippen LogP contribution in [-0.4, -0.2) is 61.6 Å². The Morgan fingerprint density at radius 1 is 1.22 bits per heavy atom. The van der Waals surface area contributed by atoms with Crippen molar-refractivity contribution in [1.29, 1.82) is 0 Å². The first kappa shape index (κ1) is 21.7. The minimum absolute atomic E-state index is 0.0447. The molecule has 166 valence electrons. The standard InChI is InChI=1S/C24H24N2O6/c1-15-18-5-6-20(28)19(14-27)22(18)32-24(30)21(15)16-3-2-4-17(13-16)23(29)25-7-8-26-9-11-31-12-10-26/h2-6,13-14,28H,7-12H2,1H3,(H,25,29). The molecule has 0 atom stereocenters. The van der Waals surface area contributed by atoms with E-state index >= 15 is 0 Å². The van der Waals surface area contributed by atoms with Gasteiger partial charge in [-0.2, -0.15) is 0 Å². The second kappa shape index (κ2) is 9.33. The van der Waals surface area contributed by atoms with Crippen molar-refractivity contribution in [2.75, 3.05) is 39.4 Å². The number of fused-ring (bicyclic) bond motifs is 1. The number of nitrogens with one attached hydrogen (secondary N) is 1. The van der Waals surface area contributed by atoms with Crippen LogP contribution in [0.25, 0.3) is 22.1 Å². The highest BCUT2D eigenvalue weighted by Gasteiger charge is 2.18. The van der Waals surface area contributed by atoms with Crippen LogP contribution >= 0.6 is 0 Å². The van der Waals surface area contributed by atoms with E-state index in [9.17, 15) is 19.5 Å². The van der Waals surface area contributed by atoms with Gasteiger partial charge in [-0.25, -0.2) is 4.79 Å². The Labute approximate surface area is 184 Å². The Morgan fingerprint density at radius 2 is 2.00 bits per heavy atom. The van der Waals surface area contributed by atoms with E-state index < -0.39 is 5.63 Å². The fourth-order valence-corrected chi connectivity index (χ4v) is 3.94. The number of hydrogen-bond donors (Lipinski definition) is 2. The number of phenols is 1. The van der Waals surface area contributed by atoms with Crippen molar-refractivity contribution in [2.45, 2.75) is 6.92 Å². The molecule has 1 aliphatic heterocycles. The summed E-state index contributed by atoms with van der Waals surface area (Å²) in [5.74, 6) is -0.477. The van der Waals surface area contributed by atoms with Gasteiger partial charge in [0.05, 0.1) is 24.3 Å². The van der Waals surface area contributed by atoms with Crippen LogP contribution < -0.4 is 10.9 Å². The van der Waals surface area contributed by atoms with E-state index in [-0.39, 0.29) is 22.8 Å². The summed E-state index contributed by atoms with van der Waals surface area (Å²) in [5, 5.41) is 13.3. The van der Waals surface area contributed by atoms with Gasteiger partial charge in [0.15, 0.2) is 11.9 Å². The molecule has 2 aromatic carbocycles. The fourth-order valence-electron chi connectivity index (χ4n) is 3.94. The molecule has 0 aliphatic carbocycles. The number of carbonyl (C=O) groups is 2. The summed E-state index contributed by atoms with van der Waals surface area (Å²) in [5.41, 5.74) is 1.22. The van der Waals surface area contributed by atoms with E-state index in [1.165, 1.54) is 6.07 Å². The molecule has 1 aromatic heterocycles. The van der Waals surface area contributed by atoms with Gasteiger partial charge in [-0.15, -0.1) is 0 Å². The van der Waals surface area contributed by atoms with Crippen LogP contribution in [0.2, 0.25) is 0 Å². The van der Waals surface area contributed by atoms with Crippen LogP contribution in [0.15, 0.2) is 45.6 Å². The molecular weight excluding hydrogens is 412 g/mol. The number of aldehydes is 1. The molecule has 1 fully saturated rings. The number of amides is 1. The third-order valence-corrected chi connectivity index (χ3v) is 5.70. The van der Waals surface area contributed by atoms with E-state index in [1.54, 1.807) is 37.3 Å². The van der Waals surface area contributed by atoms with Gasteiger partial charge in [-0.3, -0.25) is 14.5 Å². The van der Waals surface area contributed by atoms with Crippen molar-refractivity contribution in [3.8, 4) is 16.9 Å². The second-order valence-electron chi connectivity index (χ2n) is 7.67. The maximum absolute atomic E-state index is 12.8. The number of aromatic hydroxyl groups is 1. The molecule has 0 spiro atoms. The number of benzene rings is 2. The minimum atomic E-state index is -0.645. The second-order valence-corrected chi connectivity index (χ2v) is 7.67. The lowest BCUT2D eigenvalue weighted by atomic mass is 9.97. The van der Waals surface area contributed by atoms with Crippen LogP contribution in [0.1, 0.15) is 26.3 Å². The molecule has 0 radical (unpaired) electrons. The van der Waals surface area contributed by atoms with E-state index in [2.05, 4.69) is 10.2 Å². The average Bonchev–Trinajstić information content (AvgIpc) is 2.80. The Kier molecular flexibility index (Phi) is 6.34. The first-order chi connectivity index (χ1) is 15.5. The maximum atomic E-state index is 12.8. The van der Waals surface area contributed by atoms with Crippen LogP contribution in [0, 0.1) is 6.92 Å². The number of aryl methyl sites for hydroxylation is 1. The van der Waals surface area contributed by atoms with Crippen molar-refractivity contribution in [3.05, 3.63) is 63.5 Å².